The van der Waals surface area contributed by atoms with Gasteiger partial charge in [0.05, 0.1) is 11.8 Å². The van der Waals surface area contributed by atoms with Gasteiger partial charge in [-0.3, -0.25) is 9.59 Å². The highest BCUT2D eigenvalue weighted by Gasteiger charge is 2.56. The Kier molecular flexibility index (Phi) is 1.55. The van der Waals surface area contributed by atoms with Crippen molar-refractivity contribution in [2.45, 2.75) is 19.3 Å². The van der Waals surface area contributed by atoms with E-state index in [-0.39, 0.29) is 23.8 Å². The summed E-state index contributed by atoms with van der Waals surface area (Å²) in [6, 6.07) is 0. The van der Waals surface area contributed by atoms with Gasteiger partial charge in [0.25, 0.3) is 0 Å². The third kappa shape index (κ3) is 0.944. The molecule has 6 atom stereocenters. The smallest absolute Gasteiger partial charge is 0.317 e. The van der Waals surface area contributed by atoms with Gasteiger partial charge in [-0.25, -0.2) is 0 Å². The standard InChI is InChI=1S/C13H14O3/c14-12-10-4-8-6-1-2-7(3-6)9(8)5-11(10)13(15)16-12/h1-2,6-11H,3-5H2. The number of fused-ring (bicyclic) bond motifs is 6. The number of hydrogen-bond acceptors (Lipinski definition) is 3. The summed E-state index contributed by atoms with van der Waals surface area (Å²) in [4.78, 5) is 23.1. The molecule has 6 unspecified atom stereocenters. The molecule has 0 radical (unpaired) electrons. The lowest BCUT2D eigenvalue weighted by atomic mass is 9.65. The molecule has 3 aliphatic carbocycles. The quantitative estimate of drug-likeness (QED) is 0.352. The highest BCUT2D eigenvalue weighted by Crippen LogP contribution is 2.57. The van der Waals surface area contributed by atoms with Crippen LogP contribution >= 0.6 is 0 Å². The molecule has 0 spiro atoms. The summed E-state index contributed by atoms with van der Waals surface area (Å²) in [6.07, 6.45) is 7.64. The van der Waals surface area contributed by atoms with Crippen LogP contribution in [0.5, 0.6) is 0 Å². The predicted molar refractivity (Wildman–Crippen MR) is 55.0 cm³/mol. The first-order valence-corrected chi connectivity index (χ1v) is 6.18. The third-order valence-electron chi connectivity index (χ3n) is 5.14. The molecule has 3 fully saturated rings. The van der Waals surface area contributed by atoms with E-state index in [0.717, 1.165) is 12.8 Å². The third-order valence-corrected chi connectivity index (χ3v) is 5.14. The van der Waals surface area contributed by atoms with Gasteiger partial charge in [0.1, 0.15) is 0 Å². The summed E-state index contributed by atoms with van der Waals surface area (Å²) in [7, 11) is 0. The van der Waals surface area contributed by atoms with Gasteiger partial charge in [0.15, 0.2) is 0 Å². The van der Waals surface area contributed by atoms with Crippen LogP contribution in [0.4, 0.5) is 0 Å². The van der Waals surface area contributed by atoms with Crippen LogP contribution in [0.15, 0.2) is 12.2 Å². The van der Waals surface area contributed by atoms with Crippen LogP contribution in [0.3, 0.4) is 0 Å². The van der Waals surface area contributed by atoms with Gasteiger partial charge in [0, 0.05) is 0 Å². The summed E-state index contributed by atoms with van der Waals surface area (Å²) >= 11 is 0. The molecule has 0 aromatic carbocycles. The van der Waals surface area contributed by atoms with E-state index in [1.165, 1.54) is 6.42 Å². The molecule has 0 N–H and O–H groups in total. The Morgan fingerprint density at radius 3 is 1.88 bits per heavy atom. The largest absolute Gasteiger partial charge is 0.393 e. The van der Waals surface area contributed by atoms with Crippen molar-refractivity contribution in [1.29, 1.82) is 0 Å². The Hall–Kier alpha value is -1.12. The summed E-state index contributed by atoms with van der Waals surface area (Å²) in [6.45, 7) is 0. The molecule has 4 rings (SSSR count). The molecule has 0 aromatic heterocycles. The first-order chi connectivity index (χ1) is 7.74. The molecule has 3 nitrogen and oxygen atoms in total. The lowest BCUT2D eigenvalue weighted by Crippen LogP contribution is -2.35. The maximum Gasteiger partial charge on any atom is 0.317 e. The van der Waals surface area contributed by atoms with E-state index in [1.54, 1.807) is 0 Å². The lowest BCUT2D eigenvalue weighted by Gasteiger charge is -2.36. The Labute approximate surface area is 93.8 Å². The second-order valence-corrected chi connectivity index (χ2v) is 5.70. The Balaban J connectivity index is 1.68. The van der Waals surface area contributed by atoms with Crippen molar-refractivity contribution in [3.63, 3.8) is 0 Å². The second kappa shape index (κ2) is 2.76. The van der Waals surface area contributed by atoms with Gasteiger partial charge in [-0.1, -0.05) is 12.2 Å². The first-order valence-electron chi connectivity index (χ1n) is 6.18. The maximum absolute atomic E-state index is 11.6. The molecule has 16 heavy (non-hydrogen) atoms. The molecule has 1 aliphatic heterocycles. The number of cyclic esters (lactones) is 2. The Morgan fingerprint density at radius 1 is 0.875 bits per heavy atom. The molecule has 2 bridgehead atoms. The zero-order valence-electron chi connectivity index (χ0n) is 8.96. The average molecular weight is 218 g/mol. The van der Waals surface area contributed by atoms with Crippen molar-refractivity contribution in [1.82, 2.24) is 0 Å². The van der Waals surface area contributed by atoms with Gasteiger partial charge in [-0.05, 0) is 42.9 Å². The molecule has 1 saturated heterocycles. The van der Waals surface area contributed by atoms with Crippen LogP contribution in [0, 0.1) is 35.5 Å². The molecule has 0 aromatic rings. The zero-order valence-corrected chi connectivity index (χ0v) is 8.96. The topological polar surface area (TPSA) is 43.4 Å². The number of hydrogen-bond donors (Lipinski definition) is 0. The lowest BCUT2D eigenvalue weighted by molar-refractivity contribution is -0.153. The molecule has 2 saturated carbocycles. The summed E-state index contributed by atoms with van der Waals surface area (Å²) in [5, 5.41) is 0. The molecule has 3 heteroatoms. The Bertz CT molecular complexity index is 375. The minimum Gasteiger partial charge on any atom is -0.393 e. The van der Waals surface area contributed by atoms with E-state index >= 15 is 0 Å². The zero-order chi connectivity index (χ0) is 10.9. The fourth-order valence-electron chi connectivity index (χ4n) is 4.41. The van der Waals surface area contributed by atoms with Crippen LogP contribution in [0.2, 0.25) is 0 Å². The summed E-state index contributed by atoms with van der Waals surface area (Å²) in [5.74, 6) is 1.83. The van der Waals surface area contributed by atoms with E-state index in [0.29, 0.717) is 23.7 Å². The van der Waals surface area contributed by atoms with Crippen LogP contribution in [0.25, 0.3) is 0 Å². The molecular weight excluding hydrogens is 204 g/mol. The number of esters is 2. The number of ether oxygens (including phenoxy) is 1. The molecule has 84 valence electrons. The van der Waals surface area contributed by atoms with Crippen molar-refractivity contribution in [2.75, 3.05) is 0 Å². The van der Waals surface area contributed by atoms with Crippen molar-refractivity contribution < 1.29 is 14.3 Å². The average Bonchev–Trinajstić information content (AvgIpc) is 2.93. The first kappa shape index (κ1) is 8.97. The number of allylic oxidation sites excluding steroid dienone is 2. The van der Waals surface area contributed by atoms with E-state index in [2.05, 4.69) is 12.2 Å². The second-order valence-electron chi connectivity index (χ2n) is 5.70. The van der Waals surface area contributed by atoms with Crippen LogP contribution in [-0.2, 0) is 14.3 Å². The summed E-state index contributed by atoms with van der Waals surface area (Å²) in [5.41, 5.74) is 0. The normalized spacial score (nSPS) is 52.8. The highest BCUT2D eigenvalue weighted by atomic mass is 16.6. The van der Waals surface area contributed by atoms with E-state index in [9.17, 15) is 9.59 Å². The van der Waals surface area contributed by atoms with Gasteiger partial charge < -0.3 is 4.74 Å². The number of carbonyl (C=O) groups excluding carboxylic acids is 2. The van der Waals surface area contributed by atoms with Crippen molar-refractivity contribution in [2.24, 2.45) is 35.5 Å². The fourth-order valence-corrected chi connectivity index (χ4v) is 4.41. The van der Waals surface area contributed by atoms with E-state index < -0.39 is 0 Å². The molecule has 1 heterocycles. The van der Waals surface area contributed by atoms with Crippen molar-refractivity contribution in [3.8, 4) is 0 Å². The van der Waals surface area contributed by atoms with Crippen LogP contribution < -0.4 is 0 Å². The SMILES string of the molecule is O=C1OC(=O)C2CC3C4C=CC(C4)C3CC12. The molecule has 4 aliphatic rings. The number of rotatable bonds is 0. The monoisotopic (exact) mass is 218 g/mol. The fraction of sp³-hybridized carbons (Fsp3) is 0.692. The van der Waals surface area contributed by atoms with Crippen molar-refractivity contribution in [3.05, 3.63) is 12.2 Å². The van der Waals surface area contributed by atoms with Gasteiger partial charge in [-0.15, -0.1) is 0 Å². The number of carbonyl (C=O) groups is 2. The van der Waals surface area contributed by atoms with Crippen molar-refractivity contribution >= 4 is 11.9 Å². The van der Waals surface area contributed by atoms with Gasteiger partial charge in [0.2, 0.25) is 0 Å². The minimum absolute atomic E-state index is 0.124. The summed E-state index contributed by atoms with van der Waals surface area (Å²) < 4.78 is 4.77. The minimum atomic E-state index is -0.264. The van der Waals surface area contributed by atoms with E-state index in [4.69, 9.17) is 4.74 Å². The highest BCUT2D eigenvalue weighted by molar-refractivity contribution is 5.96. The van der Waals surface area contributed by atoms with Gasteiger partial charge in [-0.2, -0.15) is 0 Å². The maximum atomic E-state index is 11.6. The van der Waals surface area contributed by atoms with Crippen LogP contribution in [-0.4, -0.2) is 11.9 Å². The predicted octanol–water partition coefficient (Wildman–Crippen LogP) is 1.53. The van der Waals surface area contributed by atoms with E-state index in [1.807, 2.05) is 0 Å². The molecular formula is C13H14O3. The van der Waals surface area contributed by atoms with Crippen LogP contribution in [0.1, 0.15) is 19.3 Å². The molecule has 0 amide bonds. The Morgan fingerprint density at radius 2 is 1.38 bits per heavy atom. The van der Waals surface area contributed by atoms with Gasteiger partial charge >= 0.3 is 11.9 Å².